The maximum absolute atomic E-state index is 14.0. The van der Waals surface area contributed by atoms with E-state index in [0.29, 0.717) is 12.2 Å². The molecule has 0 fully saturated rings. The van der Waals surface area contributed by atoms with Gasteiger partial charge in [0.25, 0.3) is 0 Å². The summed E-state index contributed by atoms with van der Waals surface area (Å²) in [5, 5.41) is 5.10. The van der Waals surface area contributed by atoms with E-state index in [0.717, 1.165) is 18.5 Å². The predicted molar refractivity (Wildman–Crippen MR) is 80.5 cm³/mol. The molecular formula is C15H19FN2S. The minimum absolute atomic E-state index is 0.151. The molecule has 0 amide bonds. The van der Waals surface area contributed by atoms with Gasteiger partial charge in [-0.2, -0.15) is 0 Å². The van der Waals surface area contributed by atoms with Crippen LogP contribution in [0.1, 0.15) is 10.4 Å². The van der Waals surface area contributed by atoms with Crippen LogP contribution in [0.15, 0.2) is 35.7 Å². The van der Waals surface area contributed by atoms with Crippen molar-refractivity contribution in [3.05, 3.63) is 52.0 Å². The lowest BCUT2D eigenvalue weighted by Gasteiger charge is -2.20. The van der Waals surface area contributed by atoms with Crippen molar-refractivity contribution in [3.63, 3.8) is 0 Å². The smallest absolute Gasteiger partial charge is 0.146 e. The first-order valence-electron chi connectivity index (χ1n) is 6.37. The Hall–Kier alpha value is -1.39. The fraction of sp³-hybridized carbons (Fsp3) is 0.333. The molecule has 19 heavy (non-hydrogen) atoms. The highest BCUT2D eigenvalue weighted by molar-refractivity contribution is 7.09. The van der Waals surface area contributed by atoms with Crippen molar-refractivity contribution in [2.75, 3.05) is 25.5 Å². The molecular weight excluding hydrogens is 259 g/mol. The monoisotopic (exact) mass is 278 g/mol. The van der Waals surface area contributed by atoms with Crippen LogP contribution in [0, 0.1) is 5.82 Å². The van der Waals surface area contributed by atoms with E-state index in [-0.39, 0.29) is 5.82 Å². The Morgan fingerprint density at radius 1 is 1.32 bits per heavy atom. The third-order valence-corrected chi connectivity index (χ3v) is 4.01. The van der Waals surface area contributed by atoms with Crippen LogP contribution in [0.25, 0.3) is 0 Å². The van der Waals surface area contributed by atoms with E-state index in [1.54, 1.807) is 17.4 Å². The number of benzene rings is 1. The molecule has 0 aliphatic rings. The van der Waals surface area contributed by atoms with E-state index in [1.165, 1.54) is 4.88 Å². The summed E-state index contributed by atoms with van der Waals surface area (Å²) in [6.07, 6.45) is 0.950. The summed E-state index contributed by atoms with van der Waals surface area (Å²) >= 11 is 1.74. The first-order valence-corrected chi connectivity index (χ1v) is 7.25. The highest BCUT2D eigenvalue weighted by Gasteiger charge is 2.08. The third-order valence-electron chi connectivity index (χ3n) is 3.08. The van der Waals surface area contributed by atoms with Crippen LogP contribution >= 0.6 is 11.3 Å². The van der Waals surface area contributed by atoms with Gasteiger partial charge < -0.3 is 10.2 Å². The molecule has 0 unspecified atom stereocenters. The number of halogens is 1. The molecule has 2 rings (SSSR count). The second-order valence-corrected chi connectivity index (χ2v) is 5.60. The van der Waals surface area contributed by atoms with Gasteiger partial charge in [-0.1, -0.05) is 12.1 Å². The maximum Gasteiger partial charge on any atom is 0.146 e. The number of anilines is 1. The quantitative estimate of drug-likeness (QED) is 0.872. The van der Waals surface area contributed by atoms with Crippen LogP contribution in [-0.4, -0.2) is 20.6 Å². The molecule has 0 radical (unpaired) electrons. The van der Waals surface area contributed by atoms with Crippen molar-refractivity contribution in [2.24, 2.45) is 0 Å². The van der Waals surface area contributed by atoms with Crippen LogP contribution in [0.2, 0.25) is 0 Å². The van der Waals surface area contributed by atoms with Crippen LogP contribution < -0.4 is 10.2 Å². The normalized spacial score (nSPS) is 10.7. The molecule has 2 nitrogen and oxygen atoms in total. The van der Waals surface area contributed by atoms with E-state index < -0.39 is 0 Å². The van der Waals surface area contributed by atoms with Gasteiger partial charge in [-0.15, -0.1) is 11.3 Å². The van der Waals surface area contributed by atoms with Crippen LogP contribution in [-0.2, 0) is 13.0 Å². The van der Waals surface area contributed by atoms with Crippen molar-refractivity contribution in [1.82, 2.24) is 5.32 Å². The number of thiophene rings is 1. The average Bonchev–Trinajstić information content (AvgIpc) is 2.89. The second kappa shape index (κ2) is 6.68. The highest BCUT2D eigenvalue weighted by atomic mass is 32.1. The summed E-state index contributed by atoms with van der Waals surface area (Å²) in [6, 6.07) is 9.60. The zero-order chi connectivity index (χ0) is 13.7. The average molecular weight is 278 g/mol. The largest absolute Gasteiger partial charge is 0.372 e. The summed E-state index contributed by atoms with van der Waals surface area (Å²) in [4.78, 5) is 3.30. The summed E-state index contributed by atoms with van der Waals surface area (Å²) < 4.78 is 14.0. The van der Waals surface area contributed by atoms with Gasteiger partial charge in [0, 0.05) is 25.0 Å². The number of hydrogen-bond donors (Lipinski definition) is 1. The Balaban J connectivity index is 2.00. The van der Waals surface area contributed by atoms with E-state index in [4.69, 9.17) is 0 Å². The Bertz CT molecular complexity index is 511. The molecule has 0 saturated heterocycles. The minimum Gasteiger partial charge on any atom is -0.372 e. The van der Waals surface area contributed by atoms with Crippen LogP contribution in [0.3, 0.4) is 0 Å². The second-order valence-electron chi connectivity index (χ2n) is 4.57. The van der Waals surface area contributed by atoms with Crippen molar-refractivity contribution in [3.8, 4) is 0 Å². The number of nitrogens with zero attached hydrogens (tertiary/aromatic N) is 1. The van der Waals surface area contributed by atoms with Gasteiger partial charge in [0.15, 0.2) is 0 Å². The summed E-state index contributed by atoms with van der Waals surface area (Å²) in [7, 11) is 3.79. The SMILES string of the molecule is CNCc1ccc(N(C)CCc2cccs2)c(F)c1. The van der Waals surface area contributed by atoms with Gasteiger partial charge in [-0.3, -0.25) is 0 Å². The molecule has 0 aliphatic carbocycles. The lowest BCUT2D eigenvalue weighted by atomic mass is 10.2. The molecule has 0 bridgehead atoms. The molecule has 0 saturated carbocycles. The van der Waals surface area contributed by atoms with E-state index in [1.807, 2.05) is 37.2 Å². The van der Waals surface area contributed by atoms with E-state index >= 15 is 0 Å². The third kappa shape index (κ3) is 3.78. The molecule has 2 aromatic rings. The van der Waals surface area contributed by atoms with Crippen molar-refractivity contribution in [1.29, 1.82) is 0 Å². The first kappa shape index (κ1) is 14.0. The molecule has 102 valence electrons. The van der Waals surface area contributed by atoms with Crippen molar-refractivity contribution >= 4 is 17.0 Å². The fourth-order valence-corrected chi connectivity index (χ4v) is 2.73. The molecule has 0 spiro atoms. The summed E-state index contributed by atoms with van der Waals surface area (Å²) in [5.74, 6) is -0.151. The Kier molecular flexibility index (Phi) is 4.93. The number of nitrogens with one attached hydrogen (secondary N) is 1. The Morgan fingerprint density at radius 2 is 2.16 bits per heavy atom. The van der Waals surface area contributed by atoms with Gasteiger partial charge in [0.05, 0.1) is 5.69 Å². The zero-order valence-electron chi connectivity index (χ0n) is 11.3. The zero-order valence-corrected chi connectivity index (χ0v) is 12.1. The first-order chi connectivity index (χ1) is 9.20. The van der Waals surface area contributed by atoms with Crippen LogP contribution in [0.5, 0.6) is 0 Å². The van der Waals surface area contributed by atoms with Crippen molar-refractivity contribution < 1.29 is 4.39 Å². The number of rotatable bonds is 6. The van der Waals surface area contributed by atoms with Crippen LogP contribution in [0.4, 0.5) is 10.1 Å². The van der Waals surface area contributed by atoms with Gasteiger partial charge >= 0.3 is 0 Å². The minimum atomic E-state index is -0.151. The lowest BCUT2D eigenvalue weighted by Crippen LogP contribution is -2.21. The number of hydrogen-bond acceptors (Lipinski definition) is 3. The molecule has 1 aromatic heterocycles. The Labute approximate surface area is 117 Å². The predicted octanol–water partition coefficient (Wildman–Crippen LogP) is 3.29. The van der Waals surface area contributed by atoms with E-state index in [2.05, 4.69) is 16.8 Å². The molecule has 0 aliphatic heterocycles. The van der Waals surface area contributed by atoms with Crippen molar-refractivity contribution in [2.45, 2.75) is 13.0 Å². The highest BCUT2D eigenvalue weighted by Crippen LogP contribution is 2.20. The molecule has 1 N–H and O–H groups in total. The lowest BCUT2D eigenvalue weighted by molar-refractivity contribution is 0.618. The van der Waals surface area contributed by atoms with Gasteiger partial charge in [-0.25, -0.2) is 4.39 Å². The Morgan fingerprint density at radius 3 is 2.79 bits per heavy atom. The standard InChI is InChI=1S/C15H19FN2S/c1-17-11-12-5-6-15(14(16)10-12)18(2)8-7-13-4-3-9-19-13/h3-6,9-10,17H,7-8,11H2,1-2H3. The summed E-state index contributed by atoms with van der Waals surface area (Å²) in [6.45, 7) is 1.51. The molecule has 0 atom stereocenters. The maximum atomic E-state index is 14.0. The topological polar surface area (TPSA) is 15.3 Å². The summed E-state index contributed by atoms with van der Waals surface area (Å²) in [5.41, 5.74) is 1.63. The van der Waals surface area contributed by atoms with E-state index in [9.17, 15) is 4.39 Å². The van der Waals surface area contributed by atoms with Gasteiger partial charge in [0.2, 0.25) is 0 Å². The fourth-order valence-electron chi connectivity index (χ4n) is 2.03. The number of likely N-dealkylation sites (N-methyl/N-ethyl adjacent to an activating group) is 1. The van der Waals surface area contributed by atoms with Gasteiger partial charge in [-0.05, 0) is 42.6 Å². The van der Waals surface area contributed by atoms with Gasteiger partial charge in [0.1, 0.15) is 5.82 Å². The molecule has 1 aromatic carbocycles. The molecule has 4 heteroatoms. The molecule has 1 heterocycles.